The highest BCUT2D eigenvalue weighted by atomic mass is 16.4. The largest absolute Gasteiger partial charge is 0.507 e. The molecular formula is C23H27N2O3+. The number of aromatic hydroxyl groups is 1. The third-order valence-electron chi connectivity index (χ3n) is 5.79. The normalized spacial score (nSPS) is 15.3. The number of para-hydroxylation sites is 1. The minimum absolute atomic E-state index is 0.279. The van der Waals surface area contributed by atoms with Crippen molar-refractivity contribution >= 4 is 16.7 Å². The van der Waals surface area contributed by atoms with E-state index in [0.29, 0.717) is 12.1 Å². The Balaban J connectivity index is 1.61. The standard InChI is InChI=1S/C23H26N2O3/c1-3-17-14-19-16(2)13-21(26)28-23(19)20(22(17)27)15-24-9-11-25(12-10-24)18-7-5-4-6-8-18/h4-8,13-14,27H,3,9-12,15H2,1-2H3/p+1. The molecule has 5 nitrogen and oxygen atoms in total. The van der Waals surface area contributed by atoms with Crippen molar-refractivity contribution in [2.75, 3.05) is 31.1 Å². The Morgan fingerprint density at radius 3 is 2.54 bits per heavy atom. The molecule has 28 heavy (non-hydrogen) atoms. The molecule has 0 atom stereocenters. The number of anilines is 1. The number of aryl methyl sites for hydroxylation is 2. The Morgan fingerprint density at radius 2 is 1.86 bits per heavy atom. The molecule has 3 aromatic rings. The summed E-state index contributed by atoms with van der Waals surface area (Å²) < 4.78 is 5.55. The second-order valence-electron chi connectivity index (χ2n) is 7.59. The summed E-state index contributed by atoms with van der Waals surface area (Å²) in [6.07, 6.45) is 0.741. The number of nitrogens with one attached hydrogen (secondary N) is 1. The first kappa shape index (κ1) is 18.6. The van der Waals surface area contributed by atoms with E-state index in [0.717, 1.165) is 54.7 Å². The van der Waals surface area contributed by atoms with Crippen molar-refractivity contribution in [1.82, 2.24) is 0 Å². The van der Waals surface area contributed by atoms with Crippen LogP contribution in [0.5, 0.6) is 5.75 Å². The lowest BCUT2D eigenvalue weighted by Crippen LogP contribution is -3.13. The number of hydrogen-bond acceptors (Lipinski definition) is 4. The van der Waals surface area contributed by atoms with Crippen LogP contribution in [0.25, 0.3) is 11.0 Å². The topological polar surface area (TPSA) is 58.1 Å². The number of nitrogens with zero attached hydrogens (tertiary/aromatic N) is 1. The summed E-state index contributed by atoms with van der Waals surface area (Å²) in [7, 11) is 0. The number of quaternary nitrogens is 1. The van der Waals surface area contributed by atoms with E-state index < -0.39 is 0 Å². The fraction of sp³-hybridized carbons (Fsp3) is 0.348. The van der Waals surface area contributed by atoms with Gasteiger partial charge in [-0.15, -0.1) is 0 Å². The molecule has 0 radical (unpaired) electrons. The van der Waals surface area contributed by atoms with Crippen molar-refractivity contribution < 1.29 is 14.4 Å². The molecule has 0 unspecified atom stereocenters. The predicted molar refractivity (Wildman–Crippen MR) is 111 cm³/mol. The maximum absolute atomic E-state index is 12.0. The number of fused-ring (bicyclic) bond motifs is 1. The summed E-state index contributed by atoms with van der Waals surface area (Å²) in [5, 5.41) is 11.8. The number of hydrogen-bond donors (Lipinski definition) is 2. The Kier molecular flexibility index (Phi) is 5.09. The molecule has 0 saturated carbocycles. The van der Waals surface area contributed by atoms with Gasteiger partial charge in [-0.25, -0.2) is 4.79 Å². The van der Waals surface area contributed by atoms with Gasteiger partial charge in [0.1, 0.15) is 12.3 Å². The average molecular weight is 379 g/mol. The Bertz CT molecular complexity index is 1040. The maximum atomic E-state index is 12.0. The van der Waals surface area contributed by atoms with E-state index in [9.17, 15) is 9.90 Å². The number of piperazine rings is 1. The zero-order valence-corrected chi connectivity index (χ0v) is 16.5. The monoisotopic (exact) mass is 379 g/mol. The van der Waals surface area contributed by atoms with Crippen LogP contribution >= 0.6 is 0 Å². The number of phenols is 1. The Morgan fingerprint density at radius 1 is 1.14 bits per heavy atom. The second kappa shape index (κ2) is 7.68. The van der Waals surface area contributed by atoms with Gasteiger partial charge in [0.05, 0.1) is 31.7 Å². The molecule has 0 amide bonds. The first-order chi connectivity index (χ1) is 13.6. The summed E-state index contributed by atoms with van der Waals surface area (Å²) in [6.45, 7) is 8.49. The van der Waals surface area contributed by atoms with Gasteiger partial charge < -0.3 is 19.3 Å². The summed E-state index contributed by atoms with van der Waals surface area (Å²) in [5.74, 6) is 0.279. The van der Waals surface area contributed by atoms with Crippen LogP contribution in [-0.2, 0) is 13.0 Å². The minimum atomic E-state index is -0.362. The molecule has 4 rings (SSSR count). The van der Waals surface area contributed by atoms with Crippen LogP contribution in [0.4, 0.5) is 5.69 Å². The maximum Gasteiger partial charge on any atom is 0.336 e. The number of benzene rings is 2. The second-order valence-corrected chi connectivity index (χ2v) is 7.59. The van der Waals surface area contributed by atoms with Gasteiger partial charge in [-0.05, 0) is 42.7 Å². The molecule has 0 spiro atoms. The fourth-order valence-corrected chi connectivity index (χ4v) is 4.15. The van der Waals surface area contributed by atoms with E-state index >= 15 is 0 Å². The molecule has 0 bridgehead atoms. The summed E-state index contributed by atoms with van der Waals surface area (Å²) in [5.41, 5.74) is 3.99. The predicted octanol–water partition coefficient (Wildman–Crippen LogP) is 2.27. The highest BCUT2D eigenvalue weighted by molar-refractivity contribution is 5.86. The van der Waals surface area contributed by atoms with E-state index in [1.54, 1.807) is 0 Å². The smallest absolute Gasteiger partial charge is 0.336 e. The van der Waals surface area contributed by atoms with Crippen LogP contribution in [0.3, 0.4) is 0 Å². The Labute approximate surface area is 164 Å². The average Bonchev–Trinajstić information content (AvgIpc) is 2.71. The first-order valence-electron chi connectivity index (χ1n) is 9.98. The highest BCUT2D eigenvalue weighted by Gasteiger charge is 2.24. The first-order valence-corrected chi connectivity index (χ1v) is 9.98. The van der Waals surface area contributed by atoms with Gasteiger partial charge in [0, 0.05) is 17.1 Å². The minimum Gasteiger partial charge on any atom is -0.507 e. The summed E-state index contributed by atoms with van der Waals surface area (Å²) >= 11 is 0. The van der Waals surface area contributed by atoms with E-state index in [1.165, 1.54) is 16.7 Å². The molecule has 2 heterocycles. The molecule has 1 aliphatic heterocycles. The lowest BCUT2D eigenvalue weighted by molar-refractivity contribution is -0.914. The molecule has 5 heteroatoms. The lowest BCUT2D eigenvalue weighted by atomic mass is 9.99. The van der Waals surface area contributed by atoms with Gasteiger partial charge in [0.15, 0.2) is 5.58 Å². The van der Waals surface area contributed by atoms with Crippen LogP contribution in [0.2, 0.25) is 0 Å². The summed E-state index contributed by atoms with van der Waals surface area (Å²) in [6, 6.07) is 13.9. The van der Waals surface area contributed by atoms with Crippen molar-refractivity contribution in [3.63, 3.8) is 0 Å². The van der Waals surface area contributed by atoms with E-state index in [-0.39, 0.29) is 11.4 Å². The van der Waals surface area contributed by atoms with E-state index in [4.69, 9.17) is 4.42 Å². The van der Waals surface area contributed by atoms with Crippen LogP contribution in [0.15, 0.2) is 51.7 Å². The van der Waals surface area contributed by atoms with Crippen molar-refractivity contribution in [2.24, 2.45) is 0 Å². The van der Waals surface area contributed by atoms with Gasteiger partial charge in [-0.1, -0.05) is 25.1 Å². The number of rotatable bonds is 4. The summed E-state index contributed by atoms with van der Waals surface area (Å²) in [4.78, 5) is 15.7. The van der Waals surface area contributed by atoms with E-state index in [2.05, 4.69) is 29.2 Å². The molecule has 1 aromatic heterocycles. The van der Waals surface area contributed by atoms with Gasteiger partial charge >= 0.3 is 5.63 Å². The molecule has 2 N–H and O–H groups in total. The molecule has 1 saturated heterocycles. The van der Waals surface area contributed by atoms with Crippen molar-refractivity contribution in [3.05, 3.63) is 69.6 Å². The third kappa shape index (κ3) is 3.50. The third-order valence-corrected chi connectivity index (χ3v) is 5.79. The van der Waals surface area contributed by atoms with Crippen LogP contribution in [-0.4, -0.2) is 31.3 Å². The van der Waals surface area contributed by atoms with Crippen molar-refractivity contribution in [1.29, 1.82) is 0 Å². The fourth-order valence-electron chi connectivity index (χ4n) is 4.15. The van der Waals surface area contributed by atoms with Crippen LogP contribution < -0.4 is 15.4 Å². The number of phenolic OH excluding ortho intramolecular Hbond substituents is 1. The molecule has 0 aliphatic carbocycles. The highest BCUT2D eigenvalue weighted by Crippen LogP contribution is 2.32. The van der Waals surface area contributed by atoms with Gasteiger partial charge in [-0.3, -0.25) is 0 Å². The zero-order chi connectivity index (χ0) is 19.7. The van der Waals surface area contributed by atoms with Crippen molar-refractivity contribution in [3.8, 4) is 5.75 Å². The Hall–Kier alpha value is -2.79. The lowest BCUT2D eigenvalue weighted by Gasteiger charge is -2.33. The SMILES string of the molecule is CCc1cc2c(C)cc(=O)oc2c(C[NH+]2CCN(c3ccccc3)CC2)c1O. The zero-order valence-electron chi connectivity index (χ0n) is 16.5. The van der Waals surface area contributed by atoms with E-state index in [1.807, 2.05) is 26.0 Å². The molecular weight excluding hydrogens is 352 g/mol. The molecule has 1 aliphatic rings. The molecule has 2 aromatic carbocycles. The van der Waals surface area contributed by atoms with Gasteiger partial charge in [0.2, 0.25) is 0 Å². The van der Waals surface area contributed by atoms with Gasteiger partial charge in [0.25, 0.3) is 0 Å². The van der Waals surface area contributed by atoms with Crippen LogP contribution in [0, 0.1) is 6.92 Å². The quantitative estimate of drug-likeness (QED) is 0.683. The van der Waals surface area contributed by atoms with Crippen LogP contribution in [0.1, 0.15) is 23.6 Å². The molecule has 146 valence electrons. The van der Waals surface area contributed by atoms with Gasteiger partial charge in [-0.2, -0.15) is 0 Å². The molecule has 1 fully saturated rings. The van der Waals surface area contributed by atoms with Crippen molar-refractivity contribution in [2.45, 2.75) is 26.8 Å².